The van der Waals surface area contributed by atoms with Gasteiger partial charge in [0.05, 0.1) is 5.69 Å². The van der Waals surface area contributed by atoms with Crippen molar-refractivity contribution in [2.45, 2.75) is 6.42 Å². The summed E-state index contributed by atoms with van der Waals surface area (Å²) >= 11 is 1.38. The number of H-pyrrole nitrogens is 1. The van der Waals surface area contributed by atoms with Gasteiger partial charge >= 0.3 is 0 Å². The minimum absolute atomic E-state index is 0.181. The minimum Gasteiger partial charge on any atom is -0.360 e. The fourth-order valence-electron chi connectivity index (χ4n) is 2.90. The fraction of sp³-hybridized carbons (Fsp3) is 0.0952. The molecule has 0 fully saturated rings. The van der Waals surface area contributed by atoms with Gasteiger partial charge in [0, 0.05) is 46.6 Å². The van der Waals surface area contributed by atoms with Gasteiger partial charge in [0.2, 0.25) is 5.91 Å². The van der Waals surface area contributed by atoms with E-state index in [1.54, 1.807) is 24.3 Å². The molecule has 2 heterocycles. The Morgan fingerprint density at radius 2 is 1.82 bits per heavy atom. The molecule has 2 aromatic heterocycles. The van der Waals surface area contributed by atoms with E-state index in [-0.39, 0.29) is 24.8 Å². The Hall–Kier alpha value is -3.45. The third-order valence-electron chi connectivity index (χ3n) is 4.29. The van der Waals surface area contributed by atoms with Crippen LogP contribution in [0, 0.1) is 0 Å². The summed E-state index contributed by atoms with van der Waals surface area (Å²) in [4.78, 5) is 31.8. The molecule has 0 saturated carbocycles. The summed E-state index contributed by atoms with van der Waals surface area (Å²) in [6, 6.07) is 16.9. The molecule has 0 radical (unpaired) electrons. The van der Waals surface area contributed by atoms with E-state index in [1.165, 1.54) is 11.3 Å². The van der Waals surface area contributed by atoms with Crippen LogP contribution in [-0.2, 0) is 4.79 Å². The monoisotopic (exact) mass is 390 g/mol. The lowest BCUT2D eigenvalue weighted by Crippen LogP contribution is -2.27. The molecule has 0 unspecified atom stereocenters. The Morgan fingerprint density at radius 3 is 2.68 bits per heavy atom. The first-order valence-corrected chi connectivity index (χ1v) is 9.74. The van der Waals surface area contributed by atoms with E-state index in [0.29, 0.717) is 10.7 Å². The number of amides is 2. The number of nitrogens with one attached hydrogen (secondary N) is 3. The first-order chi connectivity index (χ1) is 13.7. The quantitative estimate of drug-likeness (QED) is 0.464. The van der Waals surface area contributed by atoms with Gasteiger partial charge in [-0.25, -0.2) is 4.98 Å². The first-order valence-electron chi connectivity index (χ1n) is 8.86. The molecule has 6 nitrogen and oxygen atoms in total. The van der Waals surface area contributed by atoms with Crippen LogP contribution in [0.3, 0.4) is 0 Å². The van der Waals surface area contributed by atoms with Gasteiger partial charge in [-0.15, -0.1) is 11.3 Å². The number of nitrogens with zero attached hydrogens (tertiary/aromatic N) is 1. The van der Waals surface area contributed by atoms with E-state index in [1.807, 2.05) is 41.9 Å². The second kappa shape index (κ2) is 8.06. The Morgan fingerprint density at radius 1 is 1.04 bits per heavy atom. The zero-order chi connectivity index (χ0) is 19.3. The summed E-state index contributed by atoms with van der Waals surface area (Å²) in [5, 5.41) is 9.09. The SMILES string of the molecule is O=C(CCNC(=O)c1ccccc1)Nc1nc(-c2c[nH]c3ccccc23)cs1. The Kier molecular flexibility index (Phi) is 5.16. The normalized spacial score (nSPS) is 10.7. The number of rotatable bonds is 6. The predicted octanol–water partition coefficient (Wildman–Crippen LogP) is 4.05. The van der Waals surface area contributed by atoms with Crippen molar-refractivity contribution < 1.29 is 9.59 Å². The Balaban J connectivity index is 1.32. The first kappa shape index (κ1) is 17.9. The molecule has 0 saturated heterocycles. The standard InChI is InChI=1S/C21H18N4O2S/c26-19(10-11-22-20(27)14-6-2-1-3-7-14)25-21-24-18(13-28-21)16-12-23-17-9-5-4-8-15(16)17/h1-9,12-13,23H,10-11H2,(H,22,27)(H,24,25,26). The maximum absolute atomic E-state index is 12.1. The molecule has 4 rings (SSSR count). The number of benzene rings is 2. The highest BCUT2D eigenvalue weighted by atomic mass is 32.1. The summed E-state index contributed by atoms with van der Waals surface area (Å²) in [5.74, 6) is -0.377. The molecule has 140 valence electrons. The molecule has 0 spiro atoms. The zero-order valence-electron chi connectivity index (χ0n) is 14.9. The maximum Gasteiger partial charge on any atom is 0.251 e. The van der Waals surface area contributed by atoms with Crippen LogP contribution < -0.4 is 10.6 Å². The van der Waals surface area contributed by atoms with Crippen LogP contribution in [-0.4, -0.2) is 28.3 Å². The highest BCUT2D eigenvalue weighted by Gasteiger charge is 2.12. The topological polar surface area (TPSA) is 86.9 Å². The average molecular weight is 390 g/mol. The number of anilines is 1. The lowest BCUT2D eigenvalue weighted by Gasteiger charge is -2.05. The number of fused-ring (bicyclic) bond motifs is 1. The number of aromatic nitrogens is 2. The van der Waals surface area contributed by atoms with Gasteiger partial charge in [0.25, 0.3) is 5.91 Å². The molecular formula is C21H18N4O2S. The number of carbonyl (C=O) groups is 2. The zero-order valence-corrected chi connectivity index (χ0v) is 15.8. The van der Waals surface area contributed by atoms with Gasteiger partial charge in [-0.3, -0.25) is 9.59 Å². The van der Waals surface area contributed by atoms with E-state index in [2.05, 4.69) is 20.6 Å². The van der Waals surface area contributed by atoms with Crippen LogP contribution in [0.4, 0.5) is 5.13 Å². The molecule has 28 heavy (non-hydrogen) atoms. The summed E-state index contributed by atoms with van der Waals surface area (Å²) in [7, 11) is 0. The third kappa shape index (κ3) is 3.94. The summed E-state index contributed by atoms with van der Waals surface area (Å²) in [6.45, 7) is 0.264. The number of hydrogen-bond donors (Lipinski definition) is 3. The van der Waals surface area contributed by atoms with E-state index in [0.717, 1.165) is 22.2 Å². The van der Waals surface area contributed by atoms with E-state index in [9.17, 15) is 9.59 Å². The smallest absolute Gasteiger partial charge is 0.251 e. The fourth-order valence-corrected chi connectivity index (χ4v) is 3.63. The number of hydrogen-bond acceptors (Lipinski definition) is 4. The Bertz CT molecular complexity index is 1120. The number of thiazole rings is 1. The Labute approximate surface area is 165 Å². The van der Waals surface area contributed by atoms with Crippen molar-refractivity contribution in [2.75, 3.05) is 11.9 Å². The van der Waals surface area contributed by atoms with E-state index >= 15 is 0 Å². The molecule has 4 aromatic rings. The lowest BCUT2D eigenvalue weighted by molar-refractivity contribution is -0.116. The molecule has 0 bridgehead atoms. The van der Waals surface area contributed by atoms with Crippen molar-refractivity contribution in [3.8, 4) is 11.3 Å². The summed E-state index contributed by atoms with van der Waals surface area (Å²) in [6.07, 6.45) is 2.10. The molecule has 2 aromatic carbocycles. The van der Waals surface area contributed by atoms with Crippen molar-refractivity contribution >= 4 is 39.2 Å². The van der Waals surface area contributed by atoms with E-state index < -0.39 is 0 Å². The molecule has 3 N–H and O–H groups in total. The summed E-state index contributed by atoms with van der Waals surface area (Å²) < 4.78 is 0. The van der Waals surface area contributed by atoms with Gasteiger partial charge in [0.15, 0.2) is 5.13 Å². The number of para-hydroxylation sites is 1. The minimum atomic E-state index is -0.190. The van der Waals surface area contributed by atoms with Crippen molar-refractivity contribution in [2.24, 2.45) is 0 Å². The van der Waals surface area contributed by atoms with Gasteiger partial charge in [-0.1, -0.05) is 36.4 Å². The highest BCUT2D eigenvalue weighted by Crippen LogP contribution is 2.30. The van der Waals surface area contributed by atoms with Crippen molar-refractivity contribution in [3.63, 3.8) is 0 Å². The van der Waals surface area contributed by atoms with Gasteiger partial charge < -0.3 is 15.6 Å². The van der Waals surface area contributed by atoms with Crippen molar-refractivity contribution in [1.29, 1.82) is 0 Å². The number of aromatic amines is 1. The predicted molar refractivity (Wildman–Crippen MR) is 111 cm³/mol. The largest absolute Gasteiger partial charge is 0.360 e. The van der Waals surface area contributed by atoms with Crippen molar-refractivity contribution in [3.05, 3.63) is 71.7 Å². The second-order valence-electron chi connectivity index (χ2n) is 6.21. The van der Waals surface area contributed by atoms with Crippen molar-refractivity contribution in [1.82, 2.24) is 15.3 Å². The van der Waals surface area contributed by atoms with Gasteiger partial charge in [0.1, 0.15) is 0 Å². The molecule has 0 aliphatic carbocycles. The average Bonchev–Trinajstić information content (AvgIpc) is 3.35. The molecule has 0 aliphatic rings. The van der Waals surface area contributed by atoms with Gasteiger partial charge in [-0.2, -0.15) is 0 Å². The van der Waals surface area contributed by atoms with Gasteiger partial charge in [-0.05, 0) is 18.2 Å². The maximum atomic E-state index is 12.1. The second-order valence-corrected chi connectivity index (χ2v) is 7.06. The molecule has 0 atom stereocenters. The van der Waals surface area contributed by atoms with Crippen LogP contribution in [0.1, 0.15) is 16.8 Å². The van der Waals surface area contributed by atoms with Crippen LogP contribution in [0.15, 0.2) is 66.2 Å². The van der Waals surface area contributed by atoms with E-state index in [4.69, 9.17) is 0 Å². The lowest BCUT2D eigenvalue weighted by atomic mass is 10.1. The molecule has 2 amide bonds. The molecular weight excluding hydrogens is 372 g/mol. The molecule has 0 aliphatic heterocycles. The van der Waals surface area contributed by atoms with Crippen LogP contribution in [0.2, 0.25) is 0 Å². The summed E-state index contributed by atoms with van der Waals surface area (Å²) in [5.41, 5.74) is 3.44. The highest BCUT2D eigenvalue weighted by molar-refractivity contribution is 7.14. The number of carbonyl (C=O) groups excluding carboxylic acids is 2. The van der Waals surface area contributed by atoms with Crippen LogP contribution in [0.25, 0.3) is 22.2 Å². The molecule has 7 heteroatoms. The van der Waals surface area contributed by atoms with Crippen LogP contribution in [0.5, 0.6) is 0 Å². The van der Waals surface area contributed by atoms with Crippen LogP contribution >= 0.6 is 11.3 Å². The third-order valence-corrected chi connectivity index (χ3v) is 5.05.